The summed E-state index contributed by atoms with van der Waals surface area (Å²) in [6.07, 6.45) is 0. The molecule has 3 aromatic carbocycles. The van der Waals surface area contributed by atoms with Crippen LogP contribution in [0.1, 0.15) is 5.56 Å². The first-order chi connectivity index (χ1) is 12.3. The molecule has 0 N–H and O–H groups in total. The topological polar surface area (TPSA) is 39.4 Å². The maximum atomic E-state index is 12.3. The molecule has 0 bridgehead atoms. The van der Waals surface area contributed by atoms with Crippen LogP contribution in [0.15, 0.2) is 94.1 Å². The van der Waals surface area contributed by atoms with Gasteiger partial charge in [0.25, 0.3) is 0 Å². The van der Waals surface area contributed by atoms with Crippen molar-refractivity contribution in [2.45, 2.75) is 6.61 Å². The fourth-order valence-electron chi connectivity index (χ4n) is 2.76. The van der Waals surface area contributed by atoms with Gasteiger partial charge in [-0.2, -0.15) is 0 Å². The van der Waals surface area contributed by atoms with Gasteiger partial charge in [-0.25, -0.2) is 4.79 Å². The van der Waals surface area contributed by atoms with Crippen molar-refractivity contribution >= 4 is 11.0 Å². The van der Waals surface area contributed by atoms with Crippen LogP contribution in [-0.2, 0) is 6.61 Å². The van der Waals surface area contributed by atoms with E-state index in [2.05, 4.69) is 0 Å². The van der Waals surface area contributed by atoms with Crippen molar-refractivity contribution in [1.82, 2.24) is 0 Å². The third-order valence-corrected chi connectivity index (χ3v) is 4.03. The summed E-state index contributed by atoms with van der Waals surface area (Å²) in [6, 6.07) is 26.8. The Labute approximate surface area is 145 Å². The van der Waals surface area contributed by atoms with Gasteiger partial charge in [-0.1, -0.05) is 60.7 Å². The molecule has 0 atom stereocenters. The standard InChI is InChI=1S/C22H16O3/c23-22-20(14-18-9-4-5-12-21(18)25-22)17-10-6-11-19(13-17)24-15-16-7-2-1-3-8-16/h1-14H,15H2. The summed E-state index contributed by atoms with van der Waals surface area (Å²) < 4.78 is 11.3. The van der Waals surface area contributed by atoms with E-state index in [1.54, 1.807) is 6.07 Å². The molecule has 0 unspecified atom stereocenters. The summed E-state index contributed by atoms with van der Waals surface area (Å²) >= 11 is 0. The lowest BCUT2D eigenvalue weighted by Gasteiger charge is -2.08. The molecule has 0 aliphatic carbocycles. The molecule has 122 valence electrons. The van der Waals surface area contributed by atoms with E-state index >= 15 is 0 Å². The quantitative estimate of drug-likeness (QED) is 0.493. The minimum Gasteiger partial charge on any atom is -0.489 e. The summed E-state index contributed by atoms with van der Waals surface area (Å²) in [5.41, 5.74) is 2.65. The van der Waals surface area contributed by atoms with Gasteiger partial charge >= 0.3 is 5.63 Å². The lowest BCUT2D eigenvalue weighted by Crippen LogP contribution is -2.03. The predicted molar refractivity (Wildman–Crippen MR) is 98.7 cm³/mol. The smallest absolute Gasteiger partial charge is 0.344 e. The van der Waals surface area contributed by atoms with Crippen LogP contribution in [0.3, 0.4) is 0 Å². The maximum Gasteiger partial charge on any atom is 0.344 e. The summed E-state index contributed by atoms with van der Waals surface area (Å²) in [4.78, 5) is 12.3. The molecule has 1 aromatic heterocycles. The van der Waals surface area contributed by atoms with Gasteiger partial charge in [-0.05, 0) is 35.4 Å². The van der Waals surface area contributed by atoms with E-state index in [4.69, 9.17) is 9.15 Å². The molecule has 25 heavy (non-hydrogen) atoms. The zero-order chi connectivity index (χ0) is 17.1. The summed E-state index contributed by atoms with van der Waals surface area (Å²) in [6.45, 7) is 0.483. The van der Waals surface area contributed by atoms with Crippen molar-refractivity contribution in [3.8, 4) is 16.9 Å². The molecule has 4 rings (SSSR count). The van der Waals surface area contributed by atoms with Crippen LogP contribution in [0.2, 0.25) is 0 Å². The fourth-order valence-corrected chi connectivity index (χ4v) is 2.76. The number of para-hydroxylation sites is 1. The maximum absolute atomic E-state index is 12.3. The van der Waals surface area contributed by atoms with Gasteiger partial charge in [0.1, 0.15) is 17.9 Å². The summed E-state index contributed by atoms with van der Waals surface area (Å²) in [5, 5.41) is 0.896. The Balaban J connectivity index is 1.65. The second-order valence-electron chi connectivity index (χ2n) is 5.79. The Morgan fingerprint density at radius 2 is 1.60 bits per heavy atom. The van der Waals surface area contributed by atoms with Gasteiger partial charge in [-0.15, -0.1) is 0 Å². The third kappa shape index (κ3) is 3.31. The minimum atomic E-state index is -0.348. The van der Waals surface area contributed by atoms with Crippen LogP contribution in [0.4, 0.5) is 0 Å². The van der Waals surface area contributed by atoms with Crippen LogP contribution in [-0.4, -0.2) is 0 Å². The van der Waals surface area contributed by atoms with E-state index in [0.717, 1.165) is 16.5 Å². The molecule has 0 radical (unpaired) electrons. The lowest BCUT2D eigenvalue weighted by atomic mass is 10.1. The number of hydrogen-bond donors (Lipinski definition) is 0. The highest BCUT2D eigenvalue weighted by Gasteiger charge is 2.08. The average molecular weight is 328 g/mol. The Bertz CT molecular complexity index is 1070. The largest absolute Gasteiger partial charge is 0.489 e. The first-order valence-electron chi connectivity index (χ1n) is 8.10. The highest BCUT2D eigenvalue weighted by Crippen LogP contribution is 2.25. The van der Waals surface area contributed by atoms with Crippen molar-refractivity contribution in [1.29, 1.82) is 0 Å². The van der Waals surface area contributed by atoms with Crippen LogP contribution in [0, 0.1) is 0 Å². The first-order valence-corrected chi connectivity index (χ1v) is 8.10. The second-order valence-corrected chi connectivity index (χ2v) is 5.79. The fraction of sp³-hybridized carbons (Fsp3) is 0.0455. The molecule has 0 aliphatic rings. The van der Waals surface area contributed by atoms with E-state index in [0.29, 0.717) is 23.5 Å². The molecule has 0 spiro atoms. The van der Waals surface area contributed by atoms with Gasteiger partial charge in [0, 0.05) is 5.39 Å². The van der Waals surface area contributed by atoms with E-state index < -0.39 is 0 Å². The first kappa shape index (κ1) is 15.2. The number of rotatable bonds is 4. The molecule has 3 nitrogen and oxygen atoms in total. The molecule has 0 amide bonds. The molecule has 0 saturated heterocycles. The van der Waals surface area contributed by atoms with Gasteiger partial charge < -0.3 is 9.15 Å². The van der Waals surface area contributed by atoms with Crippen molar-refractivity contribution in [2.24, 2.45) is 0 Å². The zero-order valence-corrected chi connectivity index (χ0v) is 13.5. The Morgan fingerprint density at radius 3 is 2.48 bits per heavy atom. The van der Waals surface area contributed by atoms with E-state index in [-0.39, 0.29) is 5.63 Å². The second kappa shape index (κ2) is 6.65. The monoisotopic (exact) mass is 328 g/mol. The Kier molecular flexibility index (Phi) is 4.05. The summed E-state index contributed by atoms with van der Waals surface area (Å²) in [5.74, 6) is 0.717. The molecule has 3 heteroatoms. The van der Waals surface area contributed by atoms with Crippen LogP contribution >= 0.6 is 0 Å². The van der Waals surface area contributed by atoms with Crippen molar-refractivity contribution in [2.75, 3.05) is 0 Å². The van der Waals surface area contributed by atoms with Crippen molar-refractivity contribution < 1.29 is 9.15 Å². The van der Waals surface area contributed by atoms with E-state index in [9.17, 15) is 4.79 Å². The lowest BCUT2D eigenvalue weighted by molar-refractivity contribution is 0.306. The van der Waals surface area contributed by atoms with Crippen LogP contribution in [0.25, 0.3) is 22.1 Å². The number of fused-ring (bicyclic) bond motifs is 1. The highest BCUT2D eigenvalue weighted by atomic mass is 16.5. The van der Waals surface area contributed by atoms with Crippen LogP contribution < -0.4 is 10.4 Å². The number of benzene rings is 3. The van der Waals surface area contributed by atoms with E-state index in [1.165, 1.54) is 0 Å². The molecular weight excluding hydrogens is 312 g/mol. The Morgan fingerprint density at radius 1 is 0.800 bits per heavy atom. The minimum absolute atomic E-state index is 0.348. The number of ether oxygens (including phenoxy) is 1. The zero-order valence-electron chi connectivity index (χ0n) is 13.5. The molecule has 4 aromatic rings. The predicted octanol–water partition coefficient (Wildman–Crippen LogP) is 5.04. The van der Waals surface area contributed by atoms with Gasteiger partial charge in [0.2, 0.25) is 0 Å². The molecule has 1 heterocycles. The Hall–Kier alpha value is -3.33. The molecular formula is C22H16O3. The van der Waals surface area contributed by atoms with Crippen LogP contribution in [0.5, 0.6) is 5.75 Å². The van der Waals surface area contributed by atoms with Gasteiger partial charge in [0.15, 0.2) is 0 Å². The van der Waals surface area contributed by atoms with E-state index in [1.807, 2.05) is 78.9 Å². The normalized spacial score (nSPS) is 10.7. The summed E-state index contributed by atoms with van der Waals surface area (Å²) in [7, 11) is 0. The molecule has 0 fully saturated rings. The number of hydrogen-bond acceptors (Lipinski definition) is 3. The SMILES string of the molecule is O=c1oc2ccccc2cc1-c1cccc(OCc2ccccc2)c1. The van der Waals surface area contributed by atoms with Gasteiger partial charge in [-0.3, -0.25) is 0 Å². The third-order valence-electron chi connectivity index (χ3n) is 4.03. The molecule has 0 saturated carbocycles. The van der Waals surface area contributed by atoms with Crippen molar-refractivity contribution in [3.63, 3.8) is 0 Å². The van der Waals surface area contributed by atoms with Crippen molar-refractivity contribution in [3.05, 3.63) is 101 Å². The average Bonchev–Trinajstić information content (AvgIpc) is 2.67. The molecule has 0 aliphatic heterocycles. The highest BCUT2D eigenvalue weighted by molar-refractivity contribution is 5.81. The van der Waals surface area contributed by atoms with Gasteiger partial charge in [0.05, 0.1) is 5.56 Å².